The third kappa shape index (κ3) is 4.16. The van der Waals surface area contributed by atoms with Crippen LogP contribution < -0.4 is 16.0 Å². The number of sulfone groups is 1. The first kappa shape index (κ1) is 21.4. The van der Waals surface area contributed by atoms with Crippen molar-refractivity contribution in [1.29, 1.82) is 0 Å². The summed E-state index contributed by atoms with van der Waals surface area (Å²) < 4.78 is 23.7. The highest BCUT2D eigenvalue weighted by Gasteiger charge is 2.30. The summed E-state index contributed by atoms with van der Waals surface area (Å²) in [6.07, 6.45) is 4.37. The molecule has 2 aliphatic rings. The van der Waals surface area contributed by atoms with E-state index < -0.39 is 9.84 Å². The van der Waals surface area contributed by atoms with Crippen LogP contribution in [0.25, 0.3) is 22.5 Å². The Morgan fingerprint density at radius 1 is 1.12 bits per heavy atom. The Bertz CT molecular complexity index is 1340. The number of carbonyl (C=O) groups is 1. The van der Waals surface area contributed by atoms with E-state index >= 15 is 0 Å². The molecule has 0 saturated carbocycles. The van der Waals surface area contributed by atoms with Crippen LogP contribution in [-0.2, 0) is 16.3 Å². The van der Waals surface area contributed by atoms with E-state index in [-0.39, 0.29) is 11.2 Å². The highest BCUT2D eigenvalue weighted by molar-refractivity contribution is 7.91. The predicted octanol–water partition coefficient (Wildman–Crippen LogP) is 2.30. The van der Waals surface area contributed by atoms with Crippen LogP contribution in [0.15, 0.2) is 48.7 Å². The lowest BCUT2D eigenvalue weighted by Gasteiger charge is -2.19. The summed E-state index contributed by atoms with van der Waals surface area (Å²) in [5, 5.41) is 2.53. The minimum Gasteiger partial charge on any atom is -0.382 e. The number of rotatable bonds is 4. The molecule has 0 bridgehead atoms. The van der Waals surface area contributed by atoms with Gasteiger partial charge in [0, 0.05) is 48.3 Å². The van der Waals surface area contributed by atoms with Gasteiger partial charge in [0.2, 0.25) is 0 Å². The predicted molar refractivity (Wildman–Crippen MR) is 129 cm³/mol. The third-order valence-electron chi connectivity index (χ3n) is 6.38. The maximum Gasteiger partial charge on any atom is 0.251 e. The number of hydrogen-bond acceptors (Lipinski definition) is 7. The molecule has 1 aromatic heterocycles. The first-order valence-corrected chi connectivity index (χ1v) is 12.8. The lowest BCUT2D eigenvalue weighted by atomic mass is 9.96. The van der Waals surface area contributed by atoms with Crippen molar-refractivity contribution >= 4 is 27.2 Å². The zero-order valence-electron chi connectivity index (χ0n) is 18.3. The van der Waals surface area contributed by atoms with Crippen molar-refractivity contribution in [2.75, 3.05) is 36.5 Å². The van der Waals surface area contributed by atoms with Gasteiger partial charge in [-0.25, -0.2) is 18.4 Å². The molecule has 3 heterocycles. The number of hydrogen-bond donors (Lipinski definition) is 2. The average Bonchev–Trinajstić information content (AvgIpc) is 3.31. The standard InChI is InChI=1S/C24H25N5O3S/c1-33(31,32)19-9-11-29(14-19)18-5-2-15(3-6-18)21-13-27-23(25)22(28-21)17-4-7-20-16(12-17)8-10-26-24(20)30/h2-7,12-13,19H,8-11,14H2,1H3,(H2,25,27)(H,26,30). The van der Waals surface area contributed by atoms with E-state index in [1.165, 1.54) is 6.26 Å². The van der Waals surface area contributed by atoms with Crippen molar-refractivity contribution in [1.82, 2.24) is 15.3 Å². The molecule has 170 valence electrons. The number of nitrogen functional groups attached to an aromatic ring is 1. The number of aromatic nitrogens is 2. The minimum absolute atomic E-state index is 0.0587. The molecule has 3 aromatic rings. The van der Waals surface area contributed by atoms with Gasteiger partial charge in [-0.3, -0.25) is 4.79 Å². The minimum atomic E-state index is -3.03. The van der Waals surface area contributed by atoms with E-state index in [0.29, 0.717) is 42.3 Å². The molecule has 1 saturated heterocycles. The molecule has 1 atom stereocenters. The number of nitrogens with two attached hydrogens (primary N) is 1. The molecule has 8 nitrogen and oxygen atoms in total. The molecule has 2 aromatic carbocycles. The molecule has 0 radical (unpaired) electrons. The summed E-state index contributed by atoms with van der Waals surface area (Å²) in [5.74, 6) is 0.274. The maximum atomic E-state index is 12.0. The summed E-state index contributed by atoms with van der Waals surface area (Å²) in [7, 11) is -3.03. The van der Waals surface area contributed by atoms with Crippen LogP contribution in [-0.4, -0.2) is 55.4 Å². The van der Waals surface area contributed by atoms with Crippen molar-refractivity contribution in [3.63, 3.8) is 0 Å². The Morgan fingerprint density at radius 3 is 2.61 bits per heavy atom. The molecule has 0 spiro atoms. The molecular formula is C24H25N5O3S. The normalized spacial score (nSPS) is 18.2. The summed E-state index contributed by atoms with van der Waals surface area (Å²) >= 11 is 0. The Balaban J connectivity index is 1.41. The molecule has 1 fully saturated rings. The van der Waals surface area contributed by atoms with Gasteiger partial charge in [0.25, 0.3) is 5.91 Å². The summed E-state index contributed by atoms with van der Waals surface area (Å²) in [5.41, 5.74) is 11.8. The van der Waals surface area contributed by atoms with E-state index in [2.05, 4.69) is 15.2 Å². The number of nitrogens with zero attached hydrogens (tertiary/aromatic N) is 3. The highest BCUT2D eigenvalue weighted by Crippen LogP contribution is 2.30. The monoisotopic (exact) mass is 463 g/mol. The van der Waals surface area contributed by atoms with Gasteiger partial charge in [-0.05, 0) is 42.7 Å². The van der Waals surface area contributed by atoms with Gasteiger partial charge >= 0.3 is 0 Å². The third-order valence-corrected chi connectivity index (χ3v) is 7.98. The average molecular weight is 464 g/mol. The second kappa shape index (κ2) is 8.15. The van der Waals surface area contributed by atoms with Crippen molar-refractivity contribution in [3.05, 3.63) is 59.8 Å². The summed E-state index contributed by atoms with van der Waals surface area (Å²) in [4.78, 5) is 23.3. The second-order valence-electron chi connectivity index (χ2n) is 8.60. The summed E-state index contributed by atoms with van der Waals surface area (Å²) in [6, 6.07) is 13.5. The number of nitrogens with one attached hydrogen (secondary N) is 1. The Hall–Kier alpha value is -3.46. The number of anilines is 2. The quantitative estimate of drug-likeness (QED) is 0.609. The molecular weight excluding hydrogens is 438 g/mol. The van der Waals surface area contributed by atoms with E-state index in [1.54, 1.807) is 6.20 Å². The summed E-state index contributed by atoms with van der Waals surface area (Å²) in [6.45, 7) is 1.85. The van der Waals surface area contributed by atoms with Gasteiger partial charge in [0.05, 0.1) is 17.1 Å². The van der Waals surface area contributed by atoms with Crippen LogP contribution in [0.3, 0.4) is 0 Å². The number of fused-ring (bicyclic) bond motifs is 1. The Labute approximate surface area is 192 Å². The molecule has 33 heavy (non-hydrogen) atoms. The van der Waals surface area contributed by atoms with Crippen molar-refractivity contribution in [2.24, 2.45) is 0 Å². The highest BCUT2D eigenvalue weighted by atomic mass is 32.2. The van der Waals surface area contributed by atoms with Gasteiger partial charge in [0.1, 0.15) is 11.5 Å². The van der Waals surface area contributed by atoms with Crippen LogP contribution in [0.2, 0.25) is 0 Å². The molecule has 1 unspecified atom stereocenters. The molecule has 0 aliphatic carbocycles. The number of benzene rings is 2. The smallest absolute Gasteiger partial charge is 0.251 e. The fourth-order valence-electron chi connectivity index (χ4n) is 4.48. The first-order valence-electron chi connectivity index (χ1n) is 10.9. The zero-order valence-corrected chi connectivity index (χ0v) is 19.1. The zero-order chi connectivity index (χ0) is 23.2. The Kier molecular flexibility index (Phi) is 5.28. The lowest BCUT2D eigenvalue weighted by Crippen LogP contribution is -2.31. The molecule has 5 rings (SSSR count). The number of amides is 1. The van der Waals surface area contributed by atoms with Crippen LogP contribution in [0.4, 0.5) is 11.5 Å². The van der Waals surface area contributed by atoms with Crippen LogP contribution in [0.5, 0.6) is 0 Å². The van der Waals surface area contributed by atoms with E-state index in [1.807, 2.05) is 42.5 Å². The van der Waals surface area contributed by atoms with Gasteiger partial charge in [0.15, 0.2) is 9.84 Å². The van der Waals surface area contributed by atoms with Crippen molar-refractivity contribution in [2.45, 2.75) is 18.1 Å². The van der Waals surface area contributed by atoms with Gasteiger partial charge < -0.3 is 16.0 Å². The number of carbonyl (C=O) groups excluding carboxylic acids is 1. The van der Waals surface area contributed by atoms with Crippen LogP contribution >= 0.6 is 0 Å². The molecule has 1 amide bonds. The van der Waals surface area contributed by atoms with E-state index in [0.717, 1.165) is 35.3 Å². The fourth-order valence-corrected chi connectivity index (χ4v) is 5.46. The maximum absolute atomic E-state index is 12.0. The van der Waals surface area contributed by atoms with Crippen LogP contribution in [0.1, 0.15) is 22.3 Å². The molecule has 2 aliphatic heterocycles. The van der Waals surface area contributed by atoms with Crippen molar-refractivity contribution < 1.29 is 13.2 Å². The SMILES string of the molecule is CS(=O)(=O)C1CCN(c2ccc(-c3cnc(N)c(-c4ccc5c(c4)CCNC5=O)n3)cc2)C1. The second-order valence-corrected chi connectivity index (χ2v) is 10.9. The van der Waals surface area contributed by atoms with Gasteiger partial charge in [-0.15, -0.1) is 0 Å². The van der Waals surface area contributed by atoms with Gasteiger partial charge in [-0.1, -0.05) is 18.2 Å². The Morgan fingerprint density at radius 2 is 1.88 bits per heavy atom. The van der Waals surface area contributed by atoms with Gasteiger partial charge in [-0.2, -0.15) is 0 Å². The van der Waals surface area contributed by atoms with Crippen molar-refractivity contribution in [3.8, 4) is 22.5 Å². The fraction of sp³-hybridized carbons (Fsp3) is 0.292. The first-order chi connectivity index (χ1) is 15.8. The van der Waals surface area contributed by atoms with Crippen LogP contribution in [0, 0.1) is 0 Å². The molecule has 9 heteroatoms. The lowest BCUT2D eigenvalue weighted by molar-refractivity contribution is 0.0946. The topological polar surface area (TPSA) is 118 Å². The van der Waals surface area contributed by atoms with E-state index in [9.17, 15) is 13.2 Å². The molecule has 3 N–H and O–H groups in total. The largest absolute Gasteiger partial charge is 0.382 e. The van der Waals surface area contributed by atoms with E-state index in [4.69, 9.17) is 10.7 Å².